The zero-order chi connectivity index (χ0) is 15.5. The highest BCUT2D eigenvalue weighted by atomic mass is 32.2. The summed E-state index contributed by atoms with van der Waals surface area (Å²) < 4.78 is 37.7. The third-order valence-corrected chi connectivity index (χ3v) is 4.33. The first-order chi connectivity index (χ1) is 9.14. The summed E-state index contributed by atoms with van der Waals surface area (Å²) in [7, 11) is -4.33. The molecular weight excluding hydrogens is 293 g/mol. The van der Waals surface area contributed by atoms with Gasteiger partial charge in [0.25, 0.3) is 0 Å². The van der Waals surface area contributed by atoms with Crippen LogP contribution in [0, 0.1) is 12.7 Å². The lowest BCUT2D eigenvalue weighted by molar-refractivity contribution is -0.139. The molecule has 7 nitrogen and oxygen atoms in total. The molecule has 1 aromatic carbocycles. The van der Waals surface area contributed by atoms with E-state index < -0.39 is 40.9 Å². The van der Waals surface area contributed by atoms with Crippen molar-refractivity contribution in [3.05, 3.63) is 29.6 Å². The van der Waals surface area contributed by atoms with Gasteiger partial charge in [-0.25, -0.2) is 12.8 Å². The molecule has 0 amide bonds. The van der Waals surface area contributed by atoms with Gasteiger partial charge in [0.2, 0.25) is 10.0 Å². The van der Waals surface area contributed by atoms with Crippen molar-refractivity contribution in [1.29, 1.82) is 0 Å². The van der Waals surface area contributed by atoms with Crippen molar-refractivity contribution in [2.24, 2.45) is 0 Å². The second-order valence-electron chi connectivity index (χ2n) is 3.97. The number of carbonyl (C=O) groups is 2. The number of benzene rings is 1. The minimum absolute atomic E-state index is 0.0609. The summed E-state index contributed by atoms with van der Waals surface area (Å²) in [5.74, 6) is -3.63. The van der Waals surface area contributed by atoms with E-state index in [0.717, 1.165) is 18.2 Å². The van der Waals surface area contributed by atoms with Gasteiger partial charge in [-0.1, -0.05) is 0 Å². The van der Waals surface area contributed by atoms with Crippen LogP contribution in [-0.2, 0) is 19.6 Å². The SMILES string of the molecule is Cc1cc(F)ccc1S(=O)(=O)N(CC(=O)O)CC(=O)O. The van der Waals surface area contributed by atoms with Crippen LogP contribution < -0.4 is 0 Å². The smallest absolute Gasteiger partial charge is 0.318 e. The summed E-state index contributed by atoms with van der Waals surface area (Å²) in [6, 6.07) is 2.84. The summed E-state index contributed by atoms with van der Waals surface area (Å²) in [6.45, 7) is -0.660. The van der Waals surface area contributed by atoms with Gasteiger partial charge >= 0.3 is 11.9 Å². The van der Waals surface area contributed by atoms with Gasteiger partial charge < -0.3 is 10.2 Å². The van der Waals surface area contributed by atoms with Gasteiger partial charge in [0.05, 0.1) is 4.90 Å². The second kappa shape index (κ2) is 5.97. The van der Waals surface area contributed by atoms with E-state index in [0.29, 0.717) is 4.31 Å². The molecule has 0 fully saturated rings. The molecule has 0 heterocycles. The third kappa shape index (κ3) is 3.75. The standard InChI is InChI=1S/C11H12FNO6S/c1-7-4-8(12)2-3-9(7)20(18,19)13(5-10(14)15)6-11(16)17/h2-4H,5-6H2,1H3,(H,14,15)(H,16,17). The minimum atomic E-state index is -4.33. The molecule has 0 atom stereocenters. The average Bonchev–Trinajstić information content (AvgIpc) is 2.26. The lowest BCUT2D eigenvalue weighted by Gasteiger charge is -2.19. The Kier molecular flexibility index (Phi) is 4.79. The molecule has 20 heavy (non-hydrogen) atoms. The van der Waals surface area contributed by atoms with Crippen LogP contribution in [0.2, 0.25) is 0 Å². The Morgan fingerprint density at radius 2 is 1.70 bits per heavy atom. The Hall–Kier alpha value is -2.00. The first-order valence-corrected chi connectivity index (χ1v) is 6.78. The summed E-state index contributed by atoms with van der Waals surface area (Å²) in [5, 5.41) is 17.3. The molecule has 1 aromatic rings. The number of halogens is 1. The highest BCUT2D eigenvalue weighted by Gasteiger charge is 2.29. The molecule has 1 rings (SSSR count). The minimum Gasteiger partial charge on any atom is -0.480 e. The van der Waals surface area contributed by atoms with Crippen LogP contribution in [0.15, 0.2) is 23.1 Å². The van der Waals surface area contributed by atoms with Gasteiger partial charge in [-0.3, -0.25) is 9.59 Å². The third-order valence-electron chi connectivity index (χ3n) is 2.38. The van der Waals surface area contributed by atoms with E-state index in [1.54, 1.807) is 0 Å². The molecule has 0 aliphatic heterocycles. The predicted octanol–water partition coefficient (Wildman–Crippen LogP) is 0.294. The molecular formula is C11H12FNO6S. The van der Waals surface area contributed by atoms with Gasteiger partial charge in [0.15, 0.2) is 0 Å². The zero-order valence-electron chi connectivity index (χ0n) is 10.4. The van der Waals surface area contributed by atoms with Crippen molar-refractivity contribution in [1.82, 2.24) is 4.31 Å². The first-order valence-electron chi connectivity index (χ1n) is 5.34. The fraction of sp³-hybridized carbons (Fsp3) is 0.273. The molecule has 0 spiro atoms. The number of hydrogen-bond acceptors (Lipinski definition) is 4. The first kappa shape index (κ1) is 16.1. The quantitative estimate of drug-likeness (QED) is 0.781. The van der Waals surface area contributed by atoms with Gasteiger partial charge in [-0.05, 0) is 30.7 Å². The maximum Gasteiger partial charge on any atom is 0.318 e. The largest absolute Gasteiger partial charge is 0.480 e. The molecule has 2 N–H and O–H groups in total. The fourth-order valence-electron chi connectivity index (χ4n) is 1.57. The molecule has 0 saturated carbocycles. The zero-order valence-corrected chi connectivity index (χ0v) is 11.2. The van der Waals surface area contributed by atoms with E-state index in [-0.39, 0.29) is 10.5 Å². The lowest BCUT2D eigenvalue weighted by atomic mass is 10.2. The van der Waals surface area contributed by atoms with E-state index in [1.807, 2.05) is 0 Å². The number of sulfonamides is 1. The van der Waals surface area contributed by atoms with Crippen LogP contribution in [0.5, 0.6) is 0 Å². The number of aryl methyl sites for hydroxylation is 1. The molecule has 0 aliphatic rings. The van der Waals surface area contributed by atoms with E-state index in [4.69, 9.17) is 10.2 Å². The molecule has 0 aliphatic carbocycles. The Morgan fingerprint density at radius 3 is 2.10 bits per heavy atom. The predicted molar refractivity (Wildman–Crippen MR) is 65.2 cm³/mol. The van der Waals surface area contributed by atoms with Crippen LogP contribution in [0.3, 0.4) is 0 Å². The molecule has 0 aromatic heterocycles. The maximum absolute atomic E-state index is 13.0. The van der Waals surface area contributed by atoms with Crippen molar-refractivity contribution >= 4 is 22.0 Å². The average molecular weight is 305 g/mol. The van der Waals surface area contributed by atoms with Crippen molar-refractivity contribution < 1.29 is 32.6 Å². The van der Waals surface area contributed by atoms with Gasteiger partial charge in [0.1, 0.15) is 18.9 Å². The number of nitrogens with zero attached hydrogens (tertiary/aromatic N) is 1. The second-order valence-corrected chi connectivity index (χ2v) is 5.88. The Balaban J connectivity index is 3.28. The maximum atomic E-state index is 13.0. The van der Waals surface area contributed by atoms with E-state index in [1.165, 1.54) is 6.92 Å². The number of carboxylic acid groups (broad SMARTS) is 2. The monoisotopic (exact) mass is 305 g/mol. The molecule has 110 valence electrons. The van der Waals surface area contributed by atoms with Crippen LogP contribution in [0.1, 0.15) is 5.56 Å². The Labute approximate surface area is 114 Å². The Morgan fingerprint density at radius 1 is 1.20 bits per heavy atom. The van der Waals surface area contributed by atoms with Crippen LogP contribution in [-0.4, -0.2) is 48.0 Å². The van der Waals surface area contributed by atoms with E-state index in [9.17, 15) is 22.4 Å². The van der Waals surface area contributed by atoms with Crippen molar-refractivity contribution in [3.8, 4) is 0 Å². The molecule has 9 heteroatoms. The molecule has 0 bridgehead atoms. The topological polar surface area (TPSA) is 112 Å². The normalized spacial score (nSPS) is 11.6. The fourth-order valence-corrected chi connectivity index (χ4v) is 3.11. The highest BCUT2D eigenvalue weighted by Crippen LogP contribution is 2.20. The lowest BCUT2D eigenvalue weighted by Crippen LogP contribution is -2.39. The molecule has 0 saturated heterocycles. The number of hydrogen-bond donors (Lipinski definition) is 2. The summed E-state index contributed by atoms with van der Waals surface area (Å²) >= 11 is 0. The van der Waals surface area contributed by atoms with Crippen LogP contribution in [0.25, 0.3) is 0 Å². The van der Waals surface area contributed by atoms with E-state index >= 15 is 0 Å². The molecule has 0 unspecified atom stereocenters. The van der Waals surface area contributed by atoms with E-state index in [2.05, 4.69) is 0 Å². The number of aliphatic carboxylic acids is 2. The Bertz CT molecular complexity index is 626. The van der Waals surface area contributed by atoms with Gasteiger partial charge in [0, 0.05) is 0 Å². The number of carboxylic acids is 2. The summed E-state index contributed by atoms with van der Waals surface area (Å²) in [6.07, 6.45) is 0. The van der Waals surface area contributed by atoms with Gasteiger partial charge in [-0.15, -0.1) is 0 Å². The van der Waals surface area contributed by atoms with Crippen LogP contribution >= 0.6 is 0 Å². The van der Waals surface area contributed by atoms with Crippen molar-refractivity contribution in [2.45, 2.75) is 11.8 Å². The summed E-state index contributed by atoms with van der Waals surface area (Å²) in [4.78, 5) is 21.0. The number of rotatable bonds is 6. The highest BCUT2D eigenvalue weighted by molar-refractivity contribution is 7.89. The molecule has 0 radical (unpaired) electrons. The van der Waals surface area contributed by atoms with Crippen molar-refractivity contribution in [3.63, 3.8) is 0 Å². The summed E-state index contributed by atoms with van der Waals surface area (Å²) in [5.41, 5.74) is 0.0609. The van der Waals surface area contributed by atoms with Gasteiger partial charge in [-0.2, -0.15) is 4.31 Å². The van der Waals surface area contributed by atoms with Crippen molar-refractivity contribution in [2.75, 3.05) is 13.1 Å². The van der Waals surface area contributed by atoms with Crippen LogP contribution in [0.4, 0.5) is 4.39 Å².